The van der Waals surface area contributed by atoms with Crippen LogP contribution in [0.2, 0.25) is 0 Å². The van der Waals surface area contributed by atoms with Crippen molar-refractivity contribution in [3.8, 4) is 11.3 Å². The van der Waals surface area contributed by atoms with Gasteiger partial charge in [-0.2, -0.15) is 5.10 Å². The van der Waals surface area contributed by atoms with Crippen LogP contribution in [0.15, 0.2) is 53.1 Å². The van der Waals surface area contributed by atoms with Gasteiger partial charge >= 0.3 is 0 Å². The number of methoxy groups -OCH3 is 1. The number of nitrogens with zero attached hydrogens (tertiary/aromatic N) is 4. The first-order valence-electron chi connectivity index (χ1n) is 11.2. The summed E-state index contributed by atoms with van der Waals surface area (Å²) < 4.78 is 12.9. The van der Waals surface area contributed by atoms with Gasteiger partial charge in [-0.05, 0) is 45.4 Å². The topological polar surface area (TPSA) is 73.4 Å². The minimum absolute atomic E-state index is 0.0780. The number of rotatable bonds is 8. The highest BCUT2D eigenvalue weighted by atomic mass is 16.5. The molecular weight excluding hydrogens is 416 g/mol. The minimum Gasteiger partial charge on any atom is -0.466 e. The Labute approximate surface area is 194 Å². The molecule has 7 nitrogen and oxygen atoms in total. The van der Waals surface area contributed by atoms with E-state index in [4.69, 9.17) is 14.1 Å². The third-order valence-electron chi connectivity index (χ3n) is 5.67. The Morgan fingerprint density at radius 3 is 2.58 bits per heavy atom. The Morgan fingerprint density at radius 2 is 1.94 bits per heavy atom. The first kappa shape index (κ1) is 22.7. The van der Waals surface area contributed by atoms with E-state index in [9.17, 15) is 4.79 Å². The molecule has 1 amide bonds. The number of aromatic nitrogens is 3. The lowest BCUT2D eigenvalue weighted by Gasteiger charge is -2.23. The van der Waals surface area contributed by atoms with Crippen molar-refractivity contribution >= 4 is 16.9 Å². The lowest BCUT2D eigenvalue weighted by molar-refractivity contribution is 0.0682. The molecule has 172 valence electrons. The molecule has 0 atom stereocenters. The van der Waals surface area contributed by atoms with Crippen LogP contribution in [0.25, 0.3) is 22.3 Å². The maximum atomic E-state index is 13.9. The quantitative estimate of drug-likeness (QED) is 0.373. The van der Waals surface area contributed by atoms with E-state index in [1.165, 1.54) is 0 Å². The number of ether oxygens (including phenoxy) is 1. The zero-order valence-corrected chi connectivity index (χ0v) is 19.8. The summed E-state index contributed by atoms with van der Waals surface area (Å²) in [4.78, 5) is 20.6. The fraction of sp³-hybridized carbons (Fsp3) is 0.346. The van der Waals surface area contributed by atoms with Crippen LogP contribution in [0.3, 0.4) is 0 Å². The van der Waals surface area contributed by atoms with E-state index in [1.54, 1.807) is 13.3 Å². The van der Waals surface area contributed by atoms with Crippen molar-refractivity contribution in [1.29, 1.82) is 0 Å². The number of hydrogen-bond donors (Lipinski definition) is 0. The van der Waals surface area contributed by atoms with Crippen LogP contribution in [0.5, 0.6) is 0 Å². The summed E-state index contributed by atoms with van der Waals surface area (Å²) >= 11 is 0. The van der Waals surface area contributed by atoms with Gasteiger partial charge < -0.3 is 14.1 Å². The van der Waals surface area contributed by atoms with Crippen LogP contribution < -0.4 is 0 Å². The number of fused-ring (bicyclic) bond motifs is 1. The van der Waals surface area contributed by atoms with Crippen molar-refractivity contribution in [1.82, 2.24) is 19.7 Å². The molecule has 0 fully saturated rings. The van der Waals surface area contributed by atoms with Gasteiger partial charge in [-0.15, -0.1) is 0 Å². The summed E-state index contributed by atoms with van der Waals surface area (Å²) in [6, 6.07) is 13.9. The molecule has 4 rings (SSSR count). The highest BCUT2D eigenvalue weighted by Crippen LogP contribution is 2.30. The summed E-state index contributed by atoms with van der Waals surface area (Å²) in [6.45, 7) is 9.34. The second-order valence-electron chi connectivity index (χ2n) is 8.51. The number of amides is 1. The van der Waals surface area contributed by atoms with Gasteiger partial charge in [0.15, 0.2) is 5.65 Å². The Kier molecular flexibility index (Phi) is 6.60. The van der Waals surface area contributed by atoms with Gasteiger partial charge in [-0.25, -0.2) is 9.67 Å². The Morgan fingerprint density at radius 1 is 1.18 bits per heavy atom. The fourth-order valence-corrected chi connectivity index (χ4v) is 4.02. The summed E-state index contributed by atoms with van der Waals surface area (Å²) in [5, 5.41) is 5.28. The van der Waals surface area contributed by atoms with Crippen molar-refractivity contribution in [2.45, 2.75) is 40.3 Å². The first-order valence-corrected chi connectivity index (χ1v) is 11.2. The van der Waals surface area contributed by atoms with E-state index >= 15 is 0 Å². The molecule has 0 N–H and O–H groups in total. The molecule has 7 heteroatoms. The molecule has 0 saturated heterocycles. The van der Waals surface area contributed by atoms with Crippen molar-refractivity contribution in [3.05, 3.63) is 71.3 Å². The predicted molar refractivity (Wildman–Crippen MR) is 128 cm³/mol. The van der Waals surface area contributed by atoms with Gasteiger partial charge in [0.25, 0.3) is 5.91 Å². The molecule has 0 spiro atoms. The van der Waals surface area contributed by atoms with Crippen molar-refractivity contribution in [3.63, 3.8) is 0 Å². The molecule has 3 aromatic heterocycles. The predicted octanol–water partition coefficient (Wildman–Crippen LogP) is 5.18. The van der Waals surface area contributed by atoms with E-state index in [-0.39, 0.29) is 11.9 Å². The smallest absolute Gasteiger partial charge is 0.255 e. The SMILES string of the molecule is COCCN(Cc1ccccc1)C(=O)c1cc(-c2cc(C)oc2C)nc2c1cnn2C(C)C. The van der Waals surface area contributed by atoms with Crippen LogP contribution in [-0.2, 0) is 11.3 Å². The maximum Gasteiger partial charge on any atom is 0.255 e. The number of aryl methyl sites for hydroxylation is 2. The second-order valence-corrected chi connectivity index (χ2v) is 8.51. The fourth-order valence-electron chi connectivity index (χ4n) is 4.02. The lowest BCUT2D eigenvalue weighted by atomic mass is 10.1. The number of benzene rings is 1. The van der Waals surface area contributed by atoms with E-state index in [0.29, 0.717) is 36.6 Å². The Bertz CT molecular complexity index is 1260. The van der Waals surface area contributed by atoms with Crippen LogP contribution in [0.1, 0.15) is 47.3 Å². The zero-order valence-electron chi connectivity index (χ0n) is 19.8. The third kappa shape index (κ3) is 4.68. The van der Waals surface area contributed by atoms with Crippen molar-refractivity contribution < 1.29 is 13.9 Å². The molecule has 33 heavy (non-hydrogen) atoms. The van der Waals surface area contributed by atoms with Gasteiger partial charge in [0.2, 0.25) is 0 Å². The standard InChI is InChI=1S/C26H30N4O3/c1-17(2)30-25-23(15-27-30)22(14-24(28-25)21-13-18(3)33-19(21)4)26(31)29(11-12-32-5)16-20-9-7-6-8-10-20/h6-10,13-15,17H,11-12,16H2,1-5H3. The molecule has 4 aromatic rings. The van der Waals surface area contributed by atoms with Gasteiger partial charge in [-0.1, -0.05) is 30.3 Å². The van der Waals surface area contributed by atoms with Crippen LogP contribution in [0, 0.1) is 13.8 Å². The third-order valence-corrected chi connectivity index (χ3v) is 5.67. The van der Waals surface area contributed by atoms with Crippen molar-refractivity contribution in [2.24, 2.45) is 0 Å². The Balaban J connectivity index is 1.84. The van der Waals surface area contributed by atoms with E-state index in [2.05, 4.69) is 18.9 Å². The molecule has 0 unspecified atom stereocenters. The van der Waals surface area contributed by atoms with Crippen LogP contribution in [-0.4, -0.2) is 45.8 Å². The number of carbonyl (C=O) groups excluding carboxylic acids is 1. The average molecular weight is 447 g/mol. The number of pyridine rings is 1. The van der Waals surface area contributed by atoms with Crippen LogP contribution >= 0.6 is 0 Å². The van der Waals surface area contributed by atoms with Gasteiger partial charge in [0.05, 0.1) is 29.4 Å². The number of furan rings is 1. The summed E-state index contributed by atoms with van der Waals surface area (Å²) in [5.74, 6) is 1.50. The molecule has 0 saturated carbocycles. The molecule has 3 heterocycles. The Hall–Kier alpha value is -3.45. The molecule has 0 aliphatic heterocycles. The van der Waals surface area contributed by atoms with E-state index < -0.39 is 0 Å². The van der Waals surface area contributed by atoms with Gasteiger partial charge in [-0.3, -0.25) is 4.79 Å². The zero-order chi connectivity index (χ0) is 23.5. The minimum atomic E-state index is -0.0780. The molecule has 0 aliphatic rings. The monoisotopic (exact) mass is 446 g/mol. The summed E-state index contributed by atoms with van der Waals surface area (Å²) in [7, 11) is 1.64. The molecular formula is C26H30N4O3. The van der Waals surface area contributed by atoms with E-state index in [1.807, 2.05) is 65.9 Å². The largest absolute Gasteiger partial charge is 0.466 e. The molecule has 1 aromatic carbocycles. The van der Waals surface area contributed by atoms with Gasteiger partial charge in [0, 0.05) is 31.8 Å². The van der Waals surface area contributed by atoms with Gasteiger partial charge in [0.1, 0.15) is 11.5 Å². The number of carbonyl (C=O) groups is 1. The molecule has 0 aliphatic carbocycles. The second kappa shape index (κ2) is 9.58. The van der Waals surface area contributed by atoms with Crippen LogP contribution in [0.4, 0.5) is 0 Å². The summed E-state index contributed by atoms with van der Waals surface area (Å²) in [5.41, 5.74) is 3.91. The average Bonchev–Trinajstić information content (AvgIpc) is 3.38. The lowest BCUT2D eigenvalue weighted by Crippen LogP contribution is -2.33. The highest BCUT2D eigenvalue weighted by molar-refractivity contribution is 6.06. The van der Waals surface area contributed by atoms with Crippen molar-refractivity contribution in [2.75, 3.05) is 20.3 Å². The number of hydrogen-bond acceptors (Lipinski definition) is 5. The first-order chi connectivity index (χ1) is 15.9. The molecule has 0 bridgehead atoms. The molecule has 0 radical (unpaired) electrons. The highest BCUT2D eigenvalue weighted by Gasteiger charge is 2.24. The van der Waals surface area contributed by atoms with E-state index in [0.717, 1.165) is 28.0 Å². The normalized spacial score (nSPS) is 11.5. The maximum absolute atomic E-state index is 13.9. The summed E-state index contributed by atoms with van der Waals surface area (Å²) in [6.07, 6.45) is 1.74.